The Labute approximate surface area is 123 Å². The lowest BCUT2D eigenvalue weighted by Gasteiger charge is -2.39. The third kappa shape index (κ3) is 5.34. The normalized spacial score (nSPS) is 20.4. The van der Waals surface area contributed by atoms with Crippen molar-refractivity contribution in [2.75, 3.05) is 39.8 Å². The first-order valence-corrected chi connectivity index (χ1v) is 7.61. The molecule has 0 spiro atoms. The molecule has 5 heteroatoms. The van der Waals surface area contributed by atoms with Crippen LogP contribution < -0.4 is 5.73 Å². The van der Waals surface area contributed by atoms with E-state index in [9.17, 15) is 0 Å². The standard InChI is InChI=1S/C14H29N3OS/c1-5-12(13(15)19)17-10-8-16(9-11-17)7-6-14(2,3)18-4/h12H,5-11H2,1-4H3,(H2,15,19). The van der Waals surface area contributed by atoms with E-state index in [0.29, 0.717) is 4.99 Å². The summed E-state index contributed by atoms with van der Waals surface area (Å²) in [5, 5.41) is 0. The van der Waals surface area contributed by atoms with E-state index in [1.165, 1.54) is 0 Å². The van der Waals surface area contributed by atoms with Gasteiger partial charge in [0.2, 0.25) is 0 Å². The maximum Gasteiger partial charge on any atom is 0.0901 e. The van der Waals surface area contributed by atoms with Crippen LogP contribution in [0.15, 0.2) is 0 Å². The van der Waals surface area contributed by atoms with E-state index in [1.54, 1.807) is 7.11 Å². The summed E-state index contributed by atoms with van der Waals surface area (Å²) in [6.45, 7) is 11.8. The molecule has 2 N–H and O–H groups in total. The second kappa shape index (κ2) is 7.53. The number of nitrogens with two attached hydrogens (primary N) is 1. The molecule has 0 saturated carbocycles. The molecule has 0 radical (unpaired) electrons. The van der Waals surface area contributed by atoms with E-state index in [4.69, 9.17) is 22.7 Å². The van der Waals surface area contributed by atoms with Gasteiger partial charge in [-0.15, -0.1) is 0 Å². The second-order valence-electron chi connectivity index (χ2n) is 5.92. The van der Waals surface area contributed by atoms with Gasteiger partial charge in [-0.25, -0.2) is 0 Å². The summed E-state index contributed by atoms with van der Waals surface area (Å²) in [5.74, 6) is 0. The van der Waals surface area contributed by atoms with Crippen molar-refractivity contribution >= 4 is 17.2 Å². The molecule has 0 aromatic carbocycles. The van der Waals surface area contributed by atoms with Crippen LogP contribution >= 0.6 is 12.2 Å². The highest BCUT2D eigenvalue weighted by Crippen LogP contribution is 2.15. The number of piperazine rings is 1. The van der Waals surface area contributed by atoms with E-state index < -0.39 is 0 Å². The average Bonchev–Trinajstić information content (AvgIpc) is 2.38. The second-order valence-corrected chi connectivity index (χ2v) is 6.39. The fourth-order valence-electron chi connectivity index (χ4n) is 2.47. The van der Waals surface area contributed by atoms with Gasteiger partial charge in [-0.2, -0.15) is 0 Å². The van der Waals surface area contributed by atoms with Gasteiger partial charge in [-0.3, -0.25) is 4.90 Å². The molecule has 0 aliphatic carbocycles. The zero-order valence-corrected chi connectivity index (χ0v) is 13.6. The summed E-state index contributed by atoms with van der Waals surface area (Å²) in [5.41, 5.74) is 5.78. The molecule has 1 rings (SSSR count). The summed E-state index contributed by atoms with van der Waals surface area (Å²) < 4.78 is 5.47. The van der Waals surface area contributed by atoms with Gasteiger partial charge in [0.25, 0.3) is 0 Å². The van der Waals surface area contributed by atoms with E-state index in [0.717, 1.165) is 45.6 Å². The first-order chi connectivity index (χ1) is 8.89. The molecule has 1 fully saturated rings. The van der Waals surface area contributed by atoms with Crippen LogP contribution in [0.1, 0.15) is 33.6 Å². The number of ether oxygens (including phenoxy) is 1. The Morgan fingerprint density at radius 3 is 2.32 bits per heavy atom. The van der Waals surface area contributed by atoms with E-state index in [-0.39, 0.29) is 11.6 Å². The van der Waals surface area contributed by atoms with Crippen molar-refractivity contribution < 1.29 is 4.74 Å². The van der Waals surface area contributed by atoms with Gasteiger partial charge in [-0.05, 0) is 26.7 Å². The topological polar surface area (TPSA) is 41.7 Å². The van der Waals surface area contributed by atoms with Gasteiger partial charge in [0.05, 0.1) is 16.6 Å². The van der Waals surface area contributed by atoms with Crippen molar-refractivity contribution in [3.8, 4) is 0 Å². The zero-order valence-electron chi connectivity index (χ0n) is 12.8. The SMILES string of the molecule is CCC(C(N)=S)N1CCN(CCC(C)(C)OC)CC1. The number of hydrogen-bond donors (Lipinski definition) is 1. The Bertz CT molecular complexity index is 288. The number of thiocarbonyl (C=S) groups is 1. The first kappa shape index (κ1) is 16.8. The minimum absolute atomic E-state index is 0.0259. The predicted molar refractivity (Wildman–Crippen MR) is 84.6 cm³/mol. The van der Waals surface area contributed by atoms with Crippen molar-refractivity contribution in [1.82, 2.24) is 9.80 Å². The quantitative estimate of drug-likeness (QED) is 0.719. The number of methoxy groups -OCH3 is 1. The molecule has 1 aliphatic heterocycles. The molecule has 0 aromatic rings. The van der Waals surface area contributed by atoms with Crippen LogP contribution in [-0.2, 0) is 4.74 Å². The third-order valence-corrected chi connectivity index (χ3v) is 4.42. The van der Waals surface area contributed by atoms with Crippen LogP contribution in [0.2, 0.25) is 0 Å². The number of hydrogen-bond acceptors (Lipinski definition) is 4. The van der Waals surface area contributed by atoms with Crippen LogP contribution in [0.5, 0.6) is 0 Å². The number of nitrogens with zero attached hydrogens (tertiary/aromatic N) is 2. The van der Waals surface area contributed by atoms with Gasteiger partial charge in [0.1, 0.15) is 0 Å². The zero-order chi connectivity index (χ0) is 14.5. The molecular weight excluding hydrogens is 258 g/mol. The van der Waals surface area contributed by atoms with Crippen molar-refractivity contribution in [1.29, 1.82) is 0 Å². The fraction of sp³-hybridized carbons (Fsp3) is 0.929. The average molecular weight is 287 g/mol. The van der Waals surface area contributed by atoms with Crippen molar-refractivity contribution in [2.45, 2.75) is 45.3 Å². The summed E-state index contributed by atoms with van der Waals surface area (Å²) in [4.78, 5) is 5.56. The van der Waals surface area contributed by atoms with Crippen LogP contribution in [0.4, 0.5) is 0 Å². The molecule has 0 bridgehead atoms. The molecular formula is C14H29N3OS. The molecule has 1 saturated heterocycles. The highest BCUT2D eigenvalue weighted by atomic mass is 32.1. The molecule has 0 aromatic heterocycles. The summed E-state index contributed by atoms with van der Waals surface area (Å²) >= 11 is 5.15. The van der Waals surface area contributed by atoms with E-state index in [1.807, 2.05) is 0 Å². The lowest BCUT2D eigenvalue weighted by molar-refractivity contribution is 0.00263. The highest BCUT2D eigenvalue weighted by molar-refractivity contribution is 7.80. The van der Waals surface area contributed by atoms with Crippen LogP contribution in [0.25, 0.3) is 0 Å². The van der Waals surface area contributed by atoms with E-state index in [2.05, 4.69) is 30.6 Å². The van der Waals surface area contributed by atoms with Crippen molar-refractivity contribution in [3.63, 3.8) is 0 Å². The molecule has 1 atom stereocenters. The van der Waals surface area contributed by atoms with Crippen molar-refractivity contribution in [2.24, 2.45) is 5.73 Å². The first-order valence-electron chi connectivity index (χ1n) is 7.20. The lowest BCUT2D eigenvalue weighted by Crippen LogP contribution is -2.54. The maximum absolute atomic E-state index is 5.81. The number of rotatable bonds is 7. The fourth-order valence-corrected chi connectivity index (χ4v) is 2.78. The smallest absolute Gasteiger partial charge is 0.0901 e. The Balaban J connectivity index is 2.35. The van der Waals surface area contributed by atoms with Gasteiger partial charge >= 0.3 is 0 Å². The van der Waals surface area contributed by atoms with Crippen LogP contribution in [0, 0.1) is 0 Å². The van der Waals surface area contributed by atoms with Crippen LogP contribution in [-0.4, -0.2) is 66.3 Å². The Hall–Kier alpha value is -0.230. The Kier molecular flexibility index (Phi) is 6.66. The molecule has 4 nitrogen and oxygen atoms in total. The van der Waals surface area contributed by atoms with E-state index >= 15 is 0 Å². The van der Waals surface area contributed by atoms with Gasteiger partial charge < -0.3 is 15.4 Å². The van der Waals surface area contributed by atoms with Crippen LogP contribution in [0.3, 0.4) is 0 Å². The Morgan fingerprint density at radius 2 is 1.89 bits per heavy atom. The highest BCUT2D eigenvalue weighted by Gasteiger charge is 2.25. The molecule has 1 heterocycles. The lowest BCUT2D eigenvalue weighted by atomic mass is 10.0. The maximum atomic E-state index is 5.81. The summed E-state index contributed by atoms with van der Waals surface area (Å²) in [7, 11) is 1.78. The summed E-state index contributed by atoms with van der Waals surface area (Å²) in [6.07, 6.45) is 2.07. The Morgan fingerprint density at radius 1 is 1.32 bits per heavy atom. The molecule has 0 amide bonds. The molecule has 1 unspecified atom stereocenters. The molecule has 112 valence electrons. The molecule has 1 aliphatic rings. The summed E-state index contributed by atoms with van der Waals surface area (Å²) in [6, 6.07) is 0.271. The predicted octanol–water partition coefficient (Wildman–Crippen LogP) is 1.48. The molecule has 19 heavy (non-hydrogen) atoms. The van der Waals surface area contributed by atoms with Gasteiger partial charge in [0, 0.05) is 39.8 Å². The van der Waals surface area contributed by atoms with Gasteiger partial charge in [-0.1, -0.05) is 19.1 Å². The monoisotopic (exact) mass is 287 g/mol. The third-order valence-electron chi connectivity index (χ3n) is 4.15. The largest absolute Gasteiger partial charge is 0.392 e. The minimum Gasteiger partial charge on any atom is -0.392 e. The van der Waals surface area contributed by atoms with Gasteiger partial charge in [0.15, 0.2) is 0 Å². The van der Waals surface area contributed by atoms with Crippen molar-refractivity contribution in [3.05, 3.63) is 0 Å². The minimum atomic E-state index is -0.0259.